The second-order valence-corrected chi connectivity index (χ2v) is 4.32. The molecular formula is C11H20N2O6. The van der Waals surface area contributed by atoms with Crippen LogP contribution in [0.25, 0.3) is 0 Å². The van der Waals surface area contributed by atoms with Gasteiger partial charge in [0.05, 0.1) is 19.7 Å². The van der Waals surface area contributed by atoms with Gasteiger partial charge >= 0.3 is 12.0 Å². The lowest BCUT2D eigenvalue weighted by atomic mass is 10.0. The van der Waals surface area contributed by atoms with Crippen molar-refractivity contribution in [3.8, 4) is 0 Å². The molecule has 8 nitrogen and oxygen atoms in total. The van der Waals surface area contributed by atoms with E-state index in [1.807, 2.05) is 0 Å². The van der Waals surface area contributed by atoms with Crippen molar-refractivity contribution >= 4 is 12.0 Å². The highest BCUT2D eigenvalue weighted by Gasteiger charge is 2.35. The number of carboxylic acid groups (broad SMARTS) is 1. The first-order valence-corrected chi connectivity index (χ1v) is 5.93. The molecule has 3 N–H and O–H groups in total. The lowest BCUT2D eigenvalue weighted by molar-refractivity contribution is -0.147. The van der Waals surface area contributed by atoms with Gasteiger partial charge in [-0.25, -0.2) is 9.59 Å². The quantitative estimate of drug-likeness (QED) is 0.561. The van der Waals surface area contributed by atoms with Crippen LogP contribution in [-0.2, 0) is 19.0 Å². The summed E-state index contributed by atoms with van der Waals surface area (Å²) in [4.78, 5) is 22.2. The summed E-state index contributed by atoms with van der Waals surface area (Å²) < 4.78 is 15.3. The summed E-state index contributed by atoms with van der Waals surface area (Å²) in [6.45, 7) is 1.23. The van der Waals surface area contributed by atoms with Crippen molar-refractivity contribution in [1.82, 2.24) is 10.6 Å². The van der Waals surface area contributed by atoms with E-state index in [2.05, 4.69) is 10.6 Å². The zero-order valence-electron chi connectivity index (χ0n) is 11.1. The lowest BCUT2D eigenvalue weighted by Crippen LogP contribution is -2.49. The number of carbonyl (C=O) groups is 2. The first-order valence-electron chi connectivity index (χ1n) is 5.93. The number of ether oxygens (including phenoxy) is 3. The Bertz CT molecular complexity index is 316. The Kier molecular flexibility index (Phi) is 6.00. The summed E-state index contributed by atoms with van der Waals surface area (Å²) in [6, 6.07) is -0.466. The van der Waals surface area contributed by atoms with Crippen molar-refractivity contribution < 1.29 is 28.9 Å². The molecule has 8 heteroatoms. The molecule has 1 heterocycles. The number of amides is 2. The largest absolute Gasteiger partial charge is 0.479 e. The molecule has 19 heavy (non-hydrogen) atoms. The molecule has 0 aliphatic carbocycles. The fraction of sp³-hybridized carbons (Fsp3) is 0.818. The topological polar surface area (TPSA) is 106 Å². The van der Waals surface area contributed by atoms with Crippen LogP contribution in [0.3, 0.4) is 0 Å². The second kappa shape index (κ2) is 7.27. The number of carboxylic acids is 1. The van der Waals surface area contributed by atoms with Gasteiger partial charge in [-0.05, 0) is 0 Å². The van der Waals surface area contributed by atoms with Gasteiger partial charge in [0.15, 0.2) is 6.10 Å². The molecule has 1 fully saturated rings. The van der Waals surface area contributed by atoms with Crippen molar-refractivity contribution in [3.05, 3.63) is 0 Å². The maximum absolute atomic E-state index is 11.5. The van der Waals surface area contributed by atoms with Crippen LogP contribution in [0, 0.1) is 0 Å². The number of urea groups is 1. The third kappa shape index (κ3) is 4.66. The smallest absolute Gasteiger partial charge is 0.334 e. The fourth-order valence-electron chi connectivity index (χ4n) is 1.72. The summed E-state index contributed by atoms with van der Waals surface area (Å²) in [5, 5.41) is 13.8. The predicted molar refractivity (Wildman–Crippen MR) is 65.0 cm³/mol. The third-order valence-corrected chi connectivity index (χ3v) is 3.08. The van der Waals surface area contributed by atoms with E-state index in [0.29, 0.717) is 26.2 Å². The van der Waals surface area contributed by atoms with E-state index in [1.165, 1.54) is 7.11 Å². The minimum absolute atomic E-state index is 0.103. The van der Waals surface area contributed by atoms with Gasteiger partial charge in [-0.2, -0.15) is 0 Å². The Morgan fingerprint density at radius 3 is 2.63 bits per heavy atom. The van der Waals surface area contributed by atoms with Crippen LogP contribution >= 0.6 is 0 Å². The minimum atomic E-state index is -1.12. The van der Waals surface area contributed by atoms with Crippen molar-refractivity contribution in [2.45, 2.75) is 18.1 Å². The molecule has 110 valence electrons. The van der Waals surface area contributed by atoms with Gasteiger partial charge in [0.25, 0.3) is 0 Å². The molecule has 1 saturated heterocycles. The molecule has 0 aromatic heterocycles. The molecule has 0 saturated carbocycles. The number of methoxy groups -OCH3 is 2. The van der Waals surface area contributed by atoms with Crippen LogP contribution in [0.5, 0.6) is 0 Å². The van der Waals surface area contributed by atoms with E-state index in [-0.39, 0.29) is 6.54 Å². The zero-order chi connectivity index (χ0) is 14.3. The first-order chi connectivity index (χ1) is 9.03. The van der Waals surface area contributed by atoms with E-state index < -0.39 is 23.7 Å². The van der Waals surface area contributed by atoms with Gasteiger partial charge in [0.1, 0.15) is 5.60 Å². The molecule has 0 radical (unpaired) electrons. The highest BCUT2D eigenvalue weighted by molar-refractivity contribution is 5.76. The number of aliphatic carboxylic acids is 1. The molecule has 1 rings (SSSR count). The molecule has 1 aliphatic heterocycles. The molecule has 0 spiro atoms. The Hall–Kier alpha value is -1.38. The summed E-state index contributed by atoms with van der Waals surface area (Å²) in [5.74, 6) is -1.12. The SMILES string of the molecule is COC(CNC(=O)NCC1(OC)CCOC1)C(=O)O. The molecular weight excluding hydrogens is 256 g/mol. The number of hydrogen-bond donors (Lipinski definition) is 3. The van der Waals surface area contributed by atoms with Crippen LogP contribution in [0.15, 0.2) is 0 Å². The molecule has 2 unspecified atom stereocenters. The van der Waals surface area contributed by atoms with Gasteiger partial charge in [0, 0.05) is 27.2 Å². The first kappa shape index (κ1) is 15.7. The van der Waals surface area contributed by atoms with Crippen LogP contribution in [-0.4, -0.2) is 69.3 Å². The van der Waals surface area contributed by atoms with E-state index >= 15 is 0 Å². The molecule has 1 aliphatic rings. The van der Waals surface area contributed by atoms with E-state index in [9.17, 15) is 9.59 Å². The van der Waals surface area contributed by atoms with Gasteiger partial charge in [-0.3, -0.25) is 0 Å². The Labute approximate surface area is 111 Å². The third-order valence-electron chi connectivity index (χ3n) is 3.08. The van der Waals surface area contributed by atoms with Crippen LogP contribution in [0.2, 0.25) is 0 Å². The Balaban J connectivity index is 2.29. The number of hydrogen-bond acceptors (Lipinski definition) is 5. The van der Waals surface area contributed by atoms with E-state index in [0.717, 1.165) is 0 Å². The van der Waals surface area contributed by atoms with Gasteiger partial charge < -0.3 is 30.0 Å². The molecule has 2 amide bonds. The van der Waals surface area contributed by atoms with Crippen LogP contribution in [0.1, 0.15) is 6.42 Å². The van der Waals surface area contributed by atoms with Crippen molar-refractivity contribution in [1.29, 1.82) is 0 Å². The molecule has 0 bridgehead atoms. The molecule has 0 aromatic rings. The summed E-state index contributed by atoms with van der Waals surface area (Å²) in [5.41, 5.74) is -0.495. The Morgan fingerprint density at radius 1 is 1.42 bits per heavy atom. The number of rotatable bonds is 7. The number of nitrogens with one attached hydrogen (secondary N) is 2. The fourth-order valence-corrected chi connectivity index (χ4v) is 1.72. The molecule has 2 atom stereocenters. The normalized spacial score (nSPS) is 23.9. The van der Waals surface area contributed by atoms with Gasteiger partial charge in [-0.15, -0.1) is 0 Å². The summed E-state index contributed by atoms with van der Waals surface area (Å²) >= 11 is 0. The summed E-state index contributed by atoms with van der Waals surface area (Å²) in [7, 11) is 2.84. The molecule has 0 aromatic carbocycles. The summed E-state index contributed by atoms with van der Waals surface area (Å²) in [6.07, 6.45) is -0.350. The monoisotopic (exact) mass is 276 g/mol. The van der Waals surface area contributed by atoms with E-state index in [1.54, 1.807) is 7.11 Å². The van der Waals surface area contributed by atoms with Crippen LogP contribution < -0.4 is 10.6 Å². The average Bonchev–Trinajstić information content (AvgIpc) is 2.86. The standard InChI is InChI=1S/C11H20N2O6/c1-17-8(9(14)15)5-12-10(16)13-6-11(18-2)3-4-19-7-11/h8H,3-7H2,1-2H3,(H,14,15)(H2,12,13,16). The van der Waals surface area contributed by atoms with Crippen LogP contribution in [0.4, 0.5) is 4.79 Å². The van der Waals surface area contributed by atoms with E-state index in [4.69, 9.17) is 19.3 Å². The lowest BCUT2D eigenvalue weighted by Gasteiger charge is -2.26. The van der Waals surface area contributed by atoms with Crippen molar-refractivity contribution in [2.24, 2.45) is 0 Å². The van der Waals surface area contributed by atoms with Crippen molar-refractivity contribution in [2.75, 3.05) is 40.5 Å². The second-order valence-electron chi connectivity index (χ2n) is 4.32. The highest BCUT2D eigenvalue weighted by Crippen LogP contribution is 2.21. The zero-order valence-corrected chi connectivity index (χ0v) is 11.1. The maximum atomic E-state index is 11.5. The number of carbonyl (C=O) groups excluding carboxylic acids is 1. The maximum Gasteiger partial charge on any atom is 0.334 e. The predicted octanol–water partition coefficient (Wildman–Crippen LogP) is -0.809. The highest BCUT2D eigenvalue weighted by atomic mass is 16.5. The van der Waals surface area contributed by atoms with Crippen molar-refractivity contribution in [3.63, 3.8) is 0 Å². The minimum Gasteiger partial charge on any atom is -0.479 e. The van der Waals surface area contributed by atoms with Gasteiger partial charge in [-0.1, -0.05) is 0 Å². The van der Waals surface area contributed by atoms with Gasteiger partial charge in [0.2, 0.25) is 0 Å². The average molecular weight is 276 g/mol. The Morgan fingerprint density at radius 2 is 2.16 bits per heavy atom.